The van der Waals surface area contributed by atoms with Crippen LogP contribution in [-0.2, 0) is 6.54 Å². The molecule has 1 aromatic carbocycles. The summed E-state index contributed by atoms with van der Waals surface area (Å²) in [5, 5.41) is 10.9. The molecule has 2 aromatic heterocycles. The lowest BCUT2D eigenvalue weighted by molar-refractivity contribution is 0.565. The molecule has 0 unspecified atom stereocenters. The molecule has 102 valence electrons. The summed E-state index contributed by atoms with van der Waals surface area (Å²) >= 11 is 0. The molecule has 1 N–H and O–H groups in total. The standard InChI is InChI=1S/C13H11F2N5/c1-16-13-12-11(4-5-17-13)20(19-18-12)7-8-6-9(14)2-3-10(8)15/h2-6H,7H2,1H3,(H,16,17). The zero-order valence-corrected chi connectivity index (χ0v) is 10.6. The van der Waals surface area contributed by atoms with Crippen molar-refractivity contribution in [1.82, 2.24) is 20.0 Å². The van der Waals surface area contributed by atoms with E-state index in [1.165, 1.54) is 4.68 Å². The predicted molar refractivity (Wildman–Crippen MR) is 70.3 cm³/mol. The third-order valence-corrected chi connectivity index (χ3v) is 3.00. The van der Waals surface area contributed by atoms with Gasteiger partial charge in [-0.25, -0.2) is 18.4 Å². The van der Waals surface area contributed by atoms with Crippen LogP contribution in [0.1, 0.15) is 5.56 Å². The van der Waals surface area contributed by atoms with E-state index in [0.29, 0.717) is 16.9 Å². The average Bonchev–Trinajstić information content (AvgIpc) is 2.86. The average molecular weight is 275 g/mol. The van der Waals surface area contributed by atoms with E-state index in [-0.39, 0.29) is 12.1 Å². The lowest BCUT2D eigenvalue weighted by Crippen LogP contribution is -2.04. The molecule has 0 fully saturated rings. The zero-order valence-electron chi connectivity index (χ0n) is 10.6. The van der Waals surface area contributed by atoms with E-state index in [0.717, 1.165) is 18.2 Å². The summed E-state index contributed by atoms with van der Waals surface area (Å²) in [7, 11) is 1.73. The summed E-state index contributed by atoms with van der Waals surface area (Å²) in [4.78, 5) is 4.12. The van der Waals surface area contributed by atoms with Crippen molar-refractivity contribution >= 4 is 16.9 Å². The Morgan fingerprint density at radius 2 is 2.10 bits per heavy atom. The van der Waals surface area contributed by atoms with Gasteiger partial charge in [-0.15, -0.1) is 5.10 Å². The number of nitrogens with one attached hydrogen (secondary N) is 1. The van der Waals surface area contributed by atoms with Crippen molar-refractivity contribution in [1.29, 1.82) is 0 Å². The number of pyridine rings is 1. The molecule has 7 heteroatoms. The van der Waals surface area contributed by atoms with Gasteiger partial charge in [0, 0.05) is 18.8 Å². The molecule has 0 amide bonds. The van der Waals surface area contributed by atoms with Crippen LogP contribution in [0.2, 0.25) is 0 Å². The highest BCUT2D eigenvalue weighted by Crippen LogP contribution is 2.19. The molecular weight excluding hydrogens is 264 g/mol. The maximum absolute atomic E-state index is 13.7. The number of hydrogen-bond acceptors (Lipinski definition) is 4. The Morgan fingerprint density at radius 3 is 2.90 bits per heavy atom. The number of fused-ring (bicyclic) bond motifs is 1. The second-order valence-electron chi connectivity index (χ2n) is 4.26. The van der Waals surface area contributed by atoms with Gasteiger partial charge in [0.15, 0.2) is 11.3 Å². The Kier molecular flexibility index (Phi) is 3.02. The molecule has 0 saturated heterocycles. The van der Waals surface area contributed by atoms with Gasteiger partial charge >= 0.3 is 0 Å². The fourth-order valence-electron chi connectivity index (χ4n) is 2.02. The molecule has 3 rings (SSSR count). The van der Waals surface area contributed by atoms with Crippen LogP contribution in [0.3, 0.4) is 0 Å². The molecule has 0 atom stereocenters. The van der Waals surface area contributed by atoms with Crippen molar-refractivity contribution in [3.05, 3.63) is 47.7 Å². The second kappa shape index (κ2) is 4.84. The third kappa shape index (κ3) is 2.07. The van der Waals surface area contributed by atoms with Gasteiger partial charge in [0.25, 0.3) is 0 Å². The minimum atomic E-state index is -0.483. The van der Waals surface area contributed by atoms with E-state index in [9.17, 15) is 8.78 Å². The molecule has 0 spiro atoms. The summed E-state index contributed by atoms with van der Waals surface area (Å²) in [6.45, 7) is 0.104. The Labute approximate surface area is 113 Å². The Balaban J connectivity index is 2.05. The number of nitrogens with zero attached hydrogens (tertiary/aromatic N) is 4. The summed E-state index contributed by atoms with van der Waals surface area (Å²) in [5.41, 5.74) is 1.51. The first kappa shape index (κ1) is 12.5. The van der Waals surface area contributed by atoms with Crippen LogP contribution < -0.4 is 5.32 Å². The predicted octanol–water partition coefficient (Wildman–Crippen LogP) is 2.19. The van der Waals surface area contributed by atoms with Gasteiger partial charge in [-0.2, -0.15) is 0 Å². The molecule has 0 aliphatic heterocycles. The number of hydrogen-bond donors (Lipinski definition) is 1. The lowest BCUT2D eigenvalue weighted by Gasteiger charge is -2.05. The number of benzene rings is 1. The van der Waals surface area contributed by atoms with Crippen LogP contribution in [0.15, 0.2) is 30.5 Å². The van der Waals surface area contributed by atoms with E-state index < -0.39 is 11.6 Å². The molecule has 0 bridgehead atoms. The van der Waals surface area contributed by atoms with E-state index >= 15 is 0 Å². The Hall–Kier alpha value is -2.57. The summed E-state index contributed by atoms with van der Waals surface area (Å²) in [5.74, 6) is -0.366. The Morgan fingerprint density at radius 1 is 1.25 bits per heavy atom. The van der Waals surface area contributed by atoms with Crippen molar-refractivity contribution in [2.24, 2.45) is 0 Å². The van der Waals surface area contributed by atoms with Gasteiger partial charge in [0.1, 0.15) is 11.6 Å². The van der Waals surface area contributed by atoms with E-state index in [1.807, 2.05) is 0 Å². The monoisotopic (exact) mass is 275 g/mol. The van der Waals surface area contributed by atoms with Gasteiger partial charge in [0.05, 0.1) is 12.1 Å². The summed E-state index contributed by atoms with van der Waals surface area (Å²) in [6, 6.07) is 5.07. The van der Waals surface area contributed by atoms with Crippen molar-refractivity contribution in [3.8, 4) is 0 Å². The van der Waals surface area contributed by atoms with Gasteiger partial charge < -0.3 is 5.32 Å². The smallest absolute Gasteiger partial charge is 0.155 e. The number of rotatable bonds is 3. The van der Waals surface area contributed by atoms with Gasteiger partial charge in [0.2, 0.25) is 0 Å². The van der Waals surface area contributed by atoms with Crippen LogP contribution in [0.4, 0.5) is 14.6 Å². The third-order valence-electron chi connectivity index (χ3n) is 3.00. The van der Waals surface area contributed by atoms with E-state index in [1.54, 1.807) is 19.3 Å². The molecule has 5 nitrogen and oxygen atoms in total. The van der Waals surface area contributed by atoms with Crippen molar-refractivity contribution in [3.63, 3.8) is 0 Å². The molecule has 3 aromatic rings. The van der Waals surface area contributed by atoms with Crippen LogP contribution >= 0.6 is 0 Å². The minimum Gasteiger partial charge on any atom is -0.371 e. The van der Waals surface area contributed by atoms with Crippen LogP contribution in [-0.4, -0.2) is 27.0 Å². The number of anilines is 1. The van der Waals surface area contributed by atoms with E-state index in [4.69, 9.17) is 0 Å². The normalized spacial score (nSPS) is 10.9. The fourth-order valence-corrected chi connectivity index (χ4v) is 2.02. The van der Waals surface area contributed by atoms with Crippen molar-refractivity contribution < 1.29 is 8.78 Å². The van der Waals surface area contributed by atoms with Crippen molar-refractivity contribution in [2.75, 3.05) is 12.4 Å². The topological polar surface area (TPSA) is 55.6 Å². The highest BCUT2D eigenvalue weighted by atomic mass is 19.1. The summed E-state index contributed by atoms with van der Waals surface area (Å²) in [6.07, 6.45) is 1.61. The first-order chi connectivity index (χ1) is 9.69. The number of aromatic nitrogens is 4. The SMILES string of the molecule is CNc1nccc2c1nnn2Cc1cc(F)ccc1F. The van der Waals surface area contributed by atoms with Crippen molar-refractivity contribution in [2.45, 2.75) is 6.54 Å². The molecule has 0 radical (unpaired) electrons. The maximum Gasteiger partial charge on any atom is 0.155 e. The number of halogens is 2. The molecule has 0 aliphatic rings. The largest absolute Gasteiger partial charge is 0.371 e. The Bertz CT molecular complexity index is 769. The minimum absolute atomic E-state index is 0.104. The van der Waals surface area contributed by atoms with E-state index in [2.05, 4.69) is 20.6 Å². The highest BCUT2D eigenvalue weighted by molar-refractivity contribution is 5.84. The van der Waals surface area contributed by atoms with Gasteiger partial charge in [-0.05, 0) is 24.3 Å². The maximum atomic E-state index is 13.7. The van der Waals surface area contributed by atoms with Crippen LogP contribution in [0.25, 0.3) is 11.0 Å². The zero-order chi connectivity index (χ0) is 14.1. The molecule has 2 heterocycles. The molecular formula is C13H11F2N5. The fraction of sp³-hybridized carbons (Fsp3) is 0.154. The summed E-state index contributed by atoms with van der Waals surface area (Å²) < 4.78 is 28.3. The quantitative estimate of drug-likeness (QED) is 0.796. The van der Waals surface area contributed by atoms with Gasteiger partial charge in [-0.3, -0.25) is 0 Å². The van der Waals surface area contributed by atoms with Crippen LogP contribution in [0.5, 0.6) is 0 Å². The molecule has 0 saturated carbocycles. The lowest BCUT2D eigenvalue weighted by atomic mass is 10.2. The molecule has 0 aliphatic carbocycles. The molecule has 20 heavy (non-hydrogen) atoms. The van der Waals surface area contributed by atoms with Crippen LogP contribution in [0, 0.1) is 11.6 Å². The van der Waals surface area contributed by atoms with Gasteiger partial charge in [-0.1, -0.05) is 5.21 Å². The first-order valence-electron chi connectivity index (χ1n) is 5.99. The second-order valence-corrected chi connectivity index (χ2v) is 4.26. The first-order valence-corrected chi connectivity index (χ1v) is 5.99. The highest BCUT2D eigenvalue weighted by Gasteiger charge is 2.11.